The Bertz CT molecular complexity index is 454. The molecule has 5 nitrogen and oxygen atoms in total. The molecular formula is C10H10N2O3. The maximum atomic E-state index is 11.2. The first-order valence-corrected chi connectivity index (χ1v) is 4.65. The molecule has 0 aromatic heterocycles. The van der Waals surface area contributed by atoms with Gasteiger partial charge in [0.05, 0.1) is 4.92 Å². The van der Waals surface area contributed by atoms with Gasteiger partial charge in [0.25, 0.3) is 5.69 Å². The highest BCUT2D eigenvalue weighted by Gasteiger charge is 2.24. The summed E-state index contributed by atoms with van der Waals surface area (Å²) in [6.45, 7) is 1.81. The van der Waals surface area contributed by atoms with Gasteiger partial charge in [0, 0.05) is 12.5 Å². The van der Waals surface area contributed by atoms with Crippen molar-refractivity contribution in [2.24, 2.45) is 0 Å². The Morgan fingerprint density at radius 1 is 1.40 bits per heavy atom. The molecule has 15 heavy (non-hydrogen) atoms. The Morgan fingerprint density at radius 3 is 2.80 bits per heavy atom. The minimum atomic E-state index is -0.461. The van der Waals surface area contributed by atoms with Gasteiger partial charge in [-0.1, -0.05) is 6.07 Å². The summed E-state index contributed by atoms with van der Waals surface area (Å²) in [5.74, 6) is -0.158. The molecule has 78 valence electrons. The number of nitro groups is 1. The third kappa shape index (κ3) is 1.68. The lowest BCUT2D eigenvalue weighted by molar-refractivity contribution is -0.384. The van der Waals surface area contributed by atoms with Crippen LogP contribution in [-0.4, -0.2) is 10.8 Å². The molecule has 1 amide bonds. The fraction of sp³-hybridized carbons (Fsp3) is 0.300. The largest absolute Gasteiger partial charge is 0.320 e. The molecule has 1 N–H and O–H groups in total. The summed E-state index contributed by atoms with van der Waals surface area (Å²) in [6.07, 6.45) is 0.970. The van der Waals surface area contributed by atoms with Crippen LogP contribution in [0.1, 0.15) is 17.5 Å². The van der Waals surface area contributed by atoms with Gasteiger partial charge >= 0.3 is 0 Å². The second-order valence-electron chi connectivity index (χ2n) is 3.62. The zero-order valence-electron chi connectivity index (χ0n) is 8.24. The average Bonchev–Trinajstić information content (AvgIpc) is 2.17. The normalized spacial score (nSPS) is 14.3. The first kappa shape index (κ1) is 9.64. The molecule has 1 heterocycles. The van der Waals surface area contributed by atoms with E-state index in [1.165, 1.54) is 6.07 Å². The van der Waals surface area contributed by atoms with Gasteiger partial charge in [0.2, 0.25) is 5.91 Å². The van der Waals surface area contributed by atoms with Crippen molar-refractivity contribution in [3.8, 4) is 0 Å². The van der Waals surface area contributed by atoms with Crippen molar-refractivity contribution in [3.05, 3.63) is 33.4 Å². The smallest absolute Gasteiger partial charge is 0.293 e. The number of nitro benzene ring substituents is 1. The Balaban J connectivity index is 2.60. The molecule has 0 spiro atoms. The topological polar surface area (TPSA) is 72.2 Å². The van der Waals surface area contributed by atoms with Crippen LogP contribution < -0.4 is 5.32 Å². The van der Waals surface area contributed by atoms with E-state index in [1.54, 1.807) is 0 Å². The number of amides is 1. The third-order valence-electron chi connectivity index (χ3n) is 2.43. The van der Waals surface area contributed by atoms with E-state index in [-0.39, 0.29) is 11.6 Å². The molecular weight excluding hydrogens is 196 g/mol. The van der Waals surface area contributed by atoms with Crippen LogP contribution in [0.2, 0.25) is 0 Å². The molecule has 0 atom stereocenters. The van der Waals surface area contributed by atoms with E-state index >= 15 is 0 Å². The SMILES string of the molecule is Cc1cc2c(c([N+](=O)[O-])c1)NC(=O)CC2. The number of anilines is 1. The van der Waals surface area contributed by atoms with Crippen molar-refractivity contribution < 1.29 is 9.72 Å². The third-order valence-corrected chi connectivity index (χ3v) is 2.43. The lowest BCUT2D eigenvalue weighted by Crippen LogP contribution is -2.20. The fourth-order valence-corrected chi connectivity index (χ4v) is 1.78. The molecule has 0 saturated heterocycles. The second kappa shape index (κ2) is 3.34. The molecule has 2 rings (SSSR count). The number of rotatable bonds is 1. The quantitative estimate of drug-likeness (QED) is 0.562. The molecule has 1 aromatic rings. The molecule has 0 radical (unpaired) electrons. The van der Waals surface area contributed by atoms with Gasteiger partial charge < -0.3 is 5.32 Å². The zero-order valence-corrected chi connectivity index (χ0v) is 8.24. The standard InChI is InChI=1S/C10H10N2O3/c1-6-4-7-2-3-9(13)11-10(7)8(5-6)12(14)15/h4-5H,2-3H2,1H3,(H,11,13). The number of hydrogen-bond donors (Lipinski definition) is 1. The highest BCUT2D eigenvalue weighted by atomic mass is 16.6. The summed E-state index contributed by atoms with van der Waals surface area (Å²) >= 11 is 0. The molecule has 5 heteroatoms. The summed E-state index contributed by atoms with van der Waals surface area (Å²) in [7, 11) is 0. The Kier molecular flexibility index (Phi) is 2.15. The van der Waals surface area contributed by atoms with Crippen LogP contribution in [0.25, 0.3) is 0 Å². The number of aryl methyl sites for hydroxylation is 2. The van der Waals surface area contributed by atoms with E-state index in [0.717, 1.165) is 11.1 Å². The molecule has 0 bridgehead atoms. The fourth-order valence-electron chi connectivity index (χ4n) is 1.78. The van der Waals surface area contributed by atoms with Gasteiger partial charge in [-0.25, -0.2) is 0 Å². The van der Waals surface area contributed by atoms with Crippen molar-refractivity contribution in [1.29, 1.82) is 0 Å². The minimum Gasteiger partial charge on any atom is -0.320 e. The van der Waals surface area contributed by atoms with Gasteiger partial charge in [-0.15, -0.1) is 0 Å². The molecule has 1 aromatic carbocycles. The number of nitrogens with zero attached hydrogens (tertiary/aromatic N) is 1. The van der Waals surface area contributed by atoms with Gasteiger partial charge in [-0.3, -0.25) is 14.9 Å². The van der Waals surface area contributed by atoms with Gasteiger partial charge in [0.15, 0.2) is 0 Å². The van der Waals surface area contributed by atoms with Crippen LogP contribution in [0.15, 0.2) is 12.1 Å². The van der Waals surface area contributed by atoms with E-state index < -0.39 is 4.92 Å². The number of benzene rings is 1. The van der Waals surface area contributed by atoms with Crippen molar-refractivity contribution in [1.82, 2.24) is 0 Å². The second-order valence-corrected chi connectivity index (χ2v) is 3.62. The molecule has 1 aliphatic heterocycles. The number of nitrogens with one attached hydrogen (secondary N) is 1. The number of fused-ring (bicyclic) bond motifs is 1. The lowest BCUT2D eigenvalue weighted by Gasteiger charge is -2.16. The van der Waals surface area contributed by atoms with Crippen LogP contribution in [0.3, 0.4) is 0 Å². The molecule has 0 aliphatic carbocycles. The molecule has 0 unspecified atom stereocenters. The monoisotopic (exact) mass is 206 g/mol. The lowest BCUT2D eigenvalue weighted by atomic mass is 9.99. The summed E-state index contributed by atoms with van der Waals surface area (Å²) in [5.41, 5.74) is 2.04. The van der Waals surface area contributed by atoms with Crippen LogP contribution in [0.4, 0.5) is 11.4 Å². The van der Waals surface area contributed by atoms with Gasteiger partial charge in [0.1, 0.15) is 5.69 Å². The molecule has 0 fully saturated rings. The van der Waals surface area contributed by atoms with Crippen molar-refractivity contribution >= 4 is 17.3 Å². The highest BCUT2D eigenvalue weighted by molar-refractivity contribution is 5.96. The minimum absolute atomic E-state index is 0.0157. The van der Waals surface area contributed by atoms with Crippen LogP contribution in [0.5, 0.6) is 0 Å². The number of carbonyl (C=O) groups is 1. The first-order valence-electron chi connectivity index (χ1n) is 4.65. The van der Waals surface area contributed by atoms with Crippen molar-refractivity contribution in [2.75, 3.05) is 5.32 Å². The van der Waals surface area contributed by atoms with Gasteiger partial charge in [-0.2, -0.15) is 0 Å². The summed E-state index contributed by atoms with van der Waals surface area (Å²) in [4.78, 5) is 21.5. The molecule has 0 saturated carbocycles. The maximum absolute atomic E-state index is 11.2. The van der Waals surface area contributed by atoms with Gasteiger partial charge in [-0.05, 0) is 24.5 Å². The molecule has 1 aliphatic rings. The average molecular weight is 206 g/mol. The Morgan fingerprint density at radius 2 is 2.13 bits per heavy atom. The van der Waals surface area contributed by atoms with Crippen molar-refractivity contribution in [2.45, 2.75) is 19.8 Å². The van der Waals surface area contributed by atoms with Crippen molar-refractivity contribution in [3.63, 3.8) is 0 Å². The Labute approximate surface area is 86.2 Å². The van der Waals surface area contributed by atoms with Crippen LogP contribution in [0, 0.1) is 17.0 Å². The predicted octanol–water partition coefficient (Wildman–Crippen LogP) is 1.79. The van der Waals surface area contributed by atoms with E-state index in [9.17, 15) is 14.9 Å². The first-order chi connectivity index (χ1) is 7.08. The summed E-state index contributed by atoms with van der Waals surface area (Å²) in [6, 6.07) is 3.35. The Hall–Kier alpha value is -1.91. The summed E-state index contributed by atoms with van der Waals surface area (Å²) < 4.78 is 0. The van der Waals surface area contributed by atoms with E-state index in [2.05, 4.69) is 5.32 Å². The zero-order chi connectivity index (χ0) is 11.0. The predicted molar refractivity (Wildman–Crippen MR) is 54.8 cm³/mol. The number of carbonyl (C=O) groups excluding carboxylic acids is 1. The van der Waals surface area contributed by atoms with E-state index in [1.807, 2.05) is 13.0 Å². The number of hydrogen-bond acceptors (Lipinski definition) is 3. The van der Waals surface area contributed by atoms with Crippen LogP contribution >= 0.6 is 0 Å². The van der Waals surface area contributed by atoms with Crippen LogP contribution in [-0.2, 0) is 11.2 Å². The van der Waals surface area contributed by atoms with E-state index in [0.29, 0.717) is 18.5 Å². The highest BCUT2D eigenvalue weighted by Crippen LogP contribution is 2.33. The van der Waals surface area contributed by atoms with E-state index in [4.69, 9.17) is 0 Å². The summed E-state index contributed by atoms with van der Waals surface area (Å²) in [5, 5.41) is 13.3. The maximum Gasteiger partial charge on any atom is 0.293 e.